The number of nitrogens with one attached hydrogen (secondary N) is 2. The predicted octanol–water partition coefficient (Wildman–Crippen LogP) is 1.68. The second-order valence-corrected chi connectivity index (χ2v) is 6.52. The van der Waals surface area contributed by atoms with Crippen LogP contribution in [0.15, 0.2) is 18.2 Å². The van der Waals surface area contributed by atoms with Gasteiger partial charge in [-0.25, -0.2) is 4.79 Å². The predicted molar refractivity (Wildman–Crippen MR) is 93.8 cm³/mol. The van der Waals surface area contributed by atoms with Gasteiger partial charge in [-0.05, 0) is 32.0 Å². The molecule has 8 heteroatoms. The van der Waals surface area contributed by atoms with Crippen molar-refractivity contribution in [2.24, 2.45) is 0 Å². The zero-order valence-electron chi connectivity index (χ0n) is 13.8. The maximum Gasteiger partial charge on any atom is 0.410 e. The van der Waals surface area contributed by atoms with E-state index in [0.717, 1.165) is 4.90 Å². The first-order valence-corrected chi connectivity index (χ1v) is 8.70. The number of halogens is 2. The normalized spacial score (nSPS) is 16.6. The molecule has 0 saturated carbocycles. The van der Waals surface area contributed by atoms with E-state index in [1.165, 1.54) is 0 Å². The van der Waals surface area contributed by atoms with E-state index in [9.17, 15) is 9.59 Å². The lowest BCUT2D eigenvalue weighted by Gasteiger charge is -2.34. The van der Waals surface area contributed by atoms with Crippen LogP contribution in [-0.4, -0.2) is 55.7 Å². The number of hydrogen-bond donors (Lipinski definition) is 2. The third-order valence-electron chi connectivity index (χ3n) is 4.13. The highest BCUT2D eigenvalue weighted by atomic mass is 35.5. The third-order valence-corrected chi connectivity index (χ3v) is 4.67. The van der Waals surface area contributed by atoms with E-state index < -0.39 is 0 Å². The summed E-state index contributed by atoms with van der Waals surface area (Å²) in [6, 6.07) is 4.71. The number of nitrogens with zero attached hydrogens (tertiary/aromatic N) is 1. The van der Waals surface area contributed by atoms with E-state index in [4.69, 9.17) is 27.9 Å². The van der Waals surface area contributed by atoms with Crippen molar-refractivity contribution in [1.29, 1.82) is 0 Å². The monoisotopic (exact) mass is 374 g/mol. The van der Waals surface area contributed by atoms with E-state index in [0.29, 0.717) is 48.5 Å². The van der Waals surface area contributed by atoms with Gasteiger partial charge in [-0.15, -0.1) is 0 Å². The van der Waals surface area contributed by atoms with Gasteiger partial charge in [0.05, 0.1) is 43.5 Å². The zero-order valence-corrected chi connectivity index (χ0v) is 15.3. The Bertz CT molecular complexity index is 604. The number of ether oxygens (including phenoxy) is 1. The van der Waals surface area contributed by atoms with Crippen molar-refractivity contribution >= 4 is 40.9 Å². The van der Waals surface area contributed by atoms with Crippen molar-refractivity contribution in [3.8, 4) is 0 Å². The van der Waals surface area contributed by atoms with Crippen LogP contribution in [0.2, 0.25) is 10.0 Å². The van der Waals surface area contributed by atoms with Crippen molar-refractivity contribution in [2.45, 2.75) is 19.9 Å². The Labute approximate surface area is 151 Å². The van der Waals surface area contributed by atoms with Crippen molar-refractivity contribution < 1.29 is 19.2 Å². The number of amides is 2. The lowest BCUT2D eigenvalue weighted by Crippen LogP contribution is -3.19. The first-order chi connectivity index (χ1) is 11.4. The quantitative estimate of drug-likeness (QED) is 0.842. The molecule has 1 atom stereocenters. The maximum atomic E-state index is 12.4. The van der Waals surface area contributed by atoms with Crippen LogP contribution in [0.1, 0.15) is 13.8 Å². The van der Waals surface area contributed by atoms with Crippen molar-refractivity contribution in [1.82, 2.24) is 4.90 Å². The number of piperazine rings is 1. The second-order valence-electron chi connectivity index (χ2n) is 5.68. The van der Waals surface area contributed by atoms with Gasteiger partial charge in [0.2, 0.25) is 0 Å². The van der Waals surface area contributed by atoms with E-state index in [2.05, 4.69) is 5.32 Å². The Hall–Kier alpha value is -1.50. The van der Waals surface area contributed by atoms with Gasteiger partial charge in [-0.1, -0.05) is 23.2 Å². The molecule has 1 heterocycles. The summed E-state index contributed by atoms with van der Waals surface area (Å²) in [7, 11) is 0. The summed E-state index contributed by atoms with van der Waals surface area (Å²) in [5.74, 6) is -0.112. The van der Waals surface area contributed by atoms with Crippen LogP contribution in [-0.2, 0) is 9.53 Å². The van der Waals surface area contributed by atoms with Crippen LogP contribution in [0.4, 0.5) is 10.5 Å². The summed E-state index contributed by atoms with van der Waals surface area (Å²) in [5.41, 5.74) is 0.544. The minimum Gasteiger partial charge on any atom is -0.450 e. The van der Waals surface area contributed by atoms with Crippen LogP contribution in [0.25, 0.3) is 0 Å². The molecular weight excluding hydrogens is 353 g/mol. The van der Waals surface area contributed by atoms with Gasteiger partial charge in [0.25, 0.3) is 5.91 Å². The molecule has 0 radical (unpaired) electrons. The van der Waals surface area contributed by atoms with Crippen molar-refractivity contribution in [3.05, 3.63) is 28.2 Å². The third kappa shape index (κ3) is 4.75. The van der Waals surface area contributed by atoms with Crippen LogP contribution < -0.4 is 10.2 Å². The largest absolute Gasteiger partial charge is 0.450 e. The maximum absolute atomic E-state index is 12.4. The lowest BCUT2D eigenvalue weighted by molar-refractivity contribution is -0.917. The number of anilines is 1. The smallest absolute Gasteiger partial charge is 0.410 e. The molecule has 6 nitrogen and oxygen atoms in total. The molecule has 1 aliphatic rings. The van der Waals surface area contributed by atoms with E-state index in [-0.39, 0.29) is 18.0 Å². The number of benzene rings is 1. The highest BCUT2D eigenvalue weighted by Gasteiger charge is 2.31. The molecule has 1 aromatic carbocycles. The van der Waals surface area contributed by atoms with Crippen LogP contribution in [0.3, 0.4) is 0 Å². The van der Waals surface area contributed by atoms with Crippen molar-refractivity contribution in [3.63, 3.8) is 0 Å². The highest BCUT2D eigenvalue weighted by molar-refractivity contribution is 6.36. The molecule has 2 rings (SSSR count). The standard InChI is InChI=1S/C16H21Cl2N3O3/c1-3-24-16(23)21-8-6-20(7-9-21)11(2)15(22)19-14-5-4-12(17)10-13(14)18/h4-5,10-11H,3,6-9H2,1-2H3,(H,19,22)/p+1/t11-/m1/s1. The van der Waals surface area contributed by atoms with Crippen LogP contribution in [0, 0.1) is 0 Å². The average Bonchev–Trinajstić information content (AvgIpc) is 2.57. The van der Waals surface area contributed by atoms with Gasteiger partial charge in [0.1, 0.15) is 0 Å². The van der Waals surface area contributed by atoms with Gasteiger partial charge in [0, 0.05) is 5.02 Å². The molecule has 0 aliphatic carbocycles. The number of hydrogen-bond acceptors (Lipinski definition) is 3. The molecule has 132 valence electrons. The van der Waals surface area contributed by atoms with E-state index in [1.54, 1.807) is 30.0 Å². The van der Waals surface area contributed by atoms with Crippen molar-refractivity contribution in [2.75, 3.05) is 38.1 Å². The average molecular weight is 375 g/mol. The fourth-order valence-electron chi connectivity index (χ4n) is 2.64. The summed E-state index contributed by atoms with van der Waals surface area (Å²) >= 11 is 11.9. The first-order valence-electron chi connectivity index (χ1n) is 7.94. The Balaban J connectivity index is 1.89. The Kier molecular flexibility index (Phi) is 6.71. The van der Waals surface area contributed by atoms with E-state index in [1.807, 2.05) is 6.92 Å². The molecule has 0 aromatic heterocycles. The molecule has 1 fully saturated rings. The molecule has 0 bridgehead atoms. The van der Waals surface area contributed by atoms with E-state index >= 15 is 0 Å². The molecular formula is C16H22Cl2N3O3+. The van der Waals surface area contributed by atoms with Gasteiger partial charge < -0.3 is 15.0 Å². The first kappa shape index (κ1) is 18.8. The lowest BCUT2D eigenvalue weighted by atomic mass is 10.2. The fraction of sp³-hybridized carbons (Fsp3) is 0.500. The van der Waals surface area contributed by atoms with Crippen LogP contribution in [0.5, 0.6) is 0 Å². The number of carbonyl (C=O) groups excluding carboxylic acids is 2. The molecule has 2 amide bonds. The molecule has 1 aliphatic heterocycles. The Morgan fingerprint density at radius 1 is 1.33 bits per heavy atom. The number of rotatable bonds is 4. The summed E-state index contributed by atoms with van der Waals surface area (Å²) in [5, 5.41) is 3.76. The summed E-state index contributed by atoms with van der Waals surface area (Å²) in [6.45, 7) is 6.57. The minimum atomic E-state index is -0.290. The highest BCUT2D eigenvalue weighted by Crippen LogP contribution is 2.25. The van der Waals surface area contributed by atoms with Crippen LogP contribution >= 0.6 is 23.2 Å². The zero-order chi connectivity index (χ0) is 17.7. The SMILES string of the molecule is CCOC(=O)N1CC[NH+]([C@H](C)C(=O)Nc2ccc(Cl)cc2Cl)CC1. The Morgan fingerprint density at radius 2 is 2.00 bits per heavy atom. The second kappa shape index (κ2) is 8.55. The van der Waals surface area contributed by atoms with Gasteiger partial charge in [-0.3, -0.25) is 9.69 Å². The van der Waals surface area contributed by atoms with Gasteiger partial charge >= 0.3 is 6.09 Å². The molecule has 1 aromatic rings. The number of carbonyl (C=O) groups is 2. The van der Waals surface area contributed by atoms with Gasteiger partial charge in [-0.2, -0.15) is 0 Å². The summed E-state index contributed by atoms with van der Waals surface area (Å²) in [4.78, 5) is 26.9. The minimum absolute atomic E-state index is 0.112. The molecule has 24 heavy (non-hydrogen) atoms. The fourth-order valence-corrected chi connectivity index (χ4v) is 3.10. The molecule has 0 spiro atoms. The van der Waals surface area contributed by atoms with Gasteiger partial charge in [0.15, 0.2) is 6.04 Å². The Morgan fingerprint density at radius 3 is 2.58 bits per heavy atom. The molecule has 0 unspecified atom stereocenters. The summed E-state index contributed by atoms with van der Waals surface area (Å²) < 4.78 is 5.00. The topological polar surface area (TPSA) is 63.1 Å². The molecule has 1 saturated heterocycles. The number of quaternary nitrogens is 1. The molecule has 2 N–H and O–H groups in total. The summed E-state index contributed by atoms with van der Waals surface area (Å²) in [6.07, 6.45) is -0.290.